The number of pyridine rings is 1. The Morgan fingerprint density at radius 3 is 2.92 bits per heavy atom. The van der Waals surface area contributed by atoms with Gasteiger partial charge in [0.25, 0.3) is 5.91 Å². The van der Waals surface area contributed by atoms with Gasteiger partial charge < -0.3 is 9.80 Å². The second kappa shape index (κ2) is 6.55. The summed E-state index contributed by atoms with van der Waals surface area (Å²) in [5.41, 5.74) is 1.90. The van der Waals surface area contributed by atoms with E-state index in [-0.39, 0.29) is 11.8 Å². The summed E-state index contributed by atoms with van der Waals surface area (Å²) in [7, 11) is 0. The summed E-state index contributed by atoms with van der Waals surface area (Å²) in [4.78, 5) is 34.0. The molecule has 1 atom stereocenters. The topological polar surface area (TPSA) is 82.2 Å². The lowest BCUT2D eigenvalue weighted by Gasteiger charge is -2.38. The minimum Gasteiger partial charge on any atom is -0.336 e. The summed E-state index contributed by atoms with van der Waals surface area (Å²) >= 11 is 0. The minimum atomic E-state index is -0.447. The number of piperidine rings is 1. The largest absolute Gasteiger partial charge is 0.336 e. The van der Waals surface area contributed by atoms with Crippen LogP contribution in [0.2, 0.25) is 0 Å². The van der Waals surface area contributed by atoms with Crippen molar-refractivity contribution in [3.63, 3.8) is 0 Å². The fourth-order valence-corrected chi connectivity index (χ4v) is 4.16. The summed E-state index contributed by atoms with van der Waals surface area (Å²) in [5.74, 6) is 0.0797. The molecule has 2 aliphatic heterocycles. The molecule has 2 fully saturated rings. The molecule has 7 nitrogen and oxygen atoms in total. The second-order valence-corrected chi connectivity index (χ2v) is 7.33. The van der Waals surface area contributed by atoms with E-state index in [4.69, 9.17) is 0 Å². The SMILES string of the molecule is Cc1cccc(CN2CCC3(CCCN(C(=O)c4ccn[nH]4)C3)C2=O)n1. The molecular formula is C19H23N5O2. The summed E-state index contributed by atoms with van der Waals surface area (Å²) in [6.07, 6.45) is 4.06. The van der Waals surface area contributed by atoms with Gasteiger partial charge in [-0.25, -0.2) is 0 Å². The third kappa shape index (κ3) is 2.98. The molecule has 0 radical (unpaired) electrons. The molecule has 0 bridgehead atoms. The summed E-state index contributed by atoms with van der Waals surface area (Å²) in [5, 5.41) is 6.58. The number of H-pyrrole nitrogens is 1. The zero-order valence-corrected chi connectivity index (χ0v) is 14.9. The monoisotopic (exact) mass is 353 g/mol. The molecule has 1 spiro atoms. The Morgan fingerprint density at radius 1 is 1.27 bits per heavy atom. The zero-order chi connectivity index (χ0) is 18.1. The van der Waals surface area contributed by atoms with Crippen LogP contribution in [-0.2, 0) is 11.3 Å². The smallest absolute Gasteiger partial charge is 0.271 e. The van der Waals surface area contributed by atoms with Crippen LogP contribution in [-0.4, -0.2) is 56.4 Å². The molecule has 0 aromatic carbocycles. The van der Waals surface area contributed by atoms with Crippen LogP contribution in [0.15, 0.2) is 30.5 Å². The van der Waals surface area contributed by atoms with Crippen LogP contribution >= 0.6 is 0 Å². The number of nitrogens with zero attached hydrogens (tertiary/aromatic N) is 4. The van der Waals surface area contributed by atoms with Crippen molar-refractivity contribution in [2.45, 2.75) is 32.7 Å². The van der Waals surface area contributed by atoms with Gasteiger partial charge in [0.15, 0.2) is 0 Å². The Bertz CT molecular complexity index is 819. The molecule has 26 heavy (non-hydrogen) atoms. The maximum Gasteiger partial charge on any atom is 0.271 e. The van der Waals surface area contributed by atoms with Gasteiger partial charge in [-0.2, -0.15) is 5.10 Å². The first-order valence-electron chi connectivity index (χ1n) is 9.08. The van der Waals surface area contributed by atoms with Crippen LogP contribution in [0.1, 0.15) is 41.1 Å². The fourth-order valence-electron chi connectivity index (χ4n) is 4.16. The first kappa shape index (κ1) is 16.8. The number of amides is 2. The van der Waals surface area contributed by atoms with Crippen molar-refractivity contribution >= 4 is 11.8 Å². The van der Waals surface area contributed by atoms with Crippen molar-refractivity contribution in [3.05, 3.63) is 47.5 Å². The number of aromatic amines is 1. The quantitative estimate of drug-likeness (QED) is 0.912. The number of hydrogen-bond acceptors (Lipinski definition) is 4. The molecule has 7 heteroatoms. The Morgan fingerprint density at radius 2 is 2.15 bits per heavy atom. The average molecular weight is 353 g/mol. The van der Waals surface area contributed by atoms with Gasteiger partial charge in [0, 0.05) is 31.5 Å². The fraction of sp³-hybridized carbons (Fsp3) is 0.474. The molecule has 4 rings (SSSR count). The van der Waals surface area contributed by atoms with E-state index in [1.54, 1.807) is 17.2 Å². The van der Waals surface area contributed by atoms with Gasteiger partial charge in [-0.05, 0) is 44.4 Å². The van der Waals surface area contributed by atoms with Crippen LogP contribution in [0.25, 0.3) is 0 Å². The molecular weight excluding hydrogens is 330 g/mol. The van der Waals surface area contributed by atoms with Gasteiger partial charge in [0.05, 0.1) is 17.7 Å². The number of rotatable bonds is 3. The Hall–Kier alpha value is -2.70. The third-order valence-corrected chi connectivity index (χ3v) is 5.50. The second-order valence-electron chi connectivity index (χ2n) is 7.33. The highest BCUT2D eigenvalue weighted by Gasteiger charge is 2.49. The molecule has 2 saturated heterocycles. The molecule has 136 valence electrons. The van der Waals surface area contributed by atoms with E-state index >= 15 is 0 Å². The Kier molecular flexibility index (Phi) is 4.22. The maximum atomic E-state index is 13.2. The van der Waals surface area contributed by atoms with E-state index < -0.39 is 5.41 Å². The summed E-state index contributed by atoms with van der Waals surface area (Å²) in [6.45, 7) is 4.39. The van der Waals surface area contributed by atoms with Crippen molar-refractivity contribution in [2.24, 2.45) is 5.41 Å². The van der Waals surface area contributed by atoms with E-state index in [0.29, 0.717) is 25.3 Å². The van der Waals surface area contributed by atoms with Crippen molar-refractivity contribution in [1.82, 2.24) is 25.0 Å². The first-order valence-corrected chi connectivity index (χ1v) is 9.08. The van der Waals surface area contributed by atoms with Crippen LogP contribution in [0.5, 0.6) is 0 Å². The highest BCUT2D eigenvalue weighted by molar-refractivity contribution is 5.93. The number of aryl methyl sites for hydroxylation is 1. The lowest BCUT2D eigenvalue weighted by molar-refractivity contribution is -0.138. The number of nitrogens with one attached hydrogen (secondary N) is 1. The lowest BCUT2D eigenvalue weighted by atomic mass is 9.78. The van der Waals surface area contributed by atoms with Crippen molar-refractivity contribution in [2.75, 3.05) is 19.6 Å². The highest BCUT2D eigenvalue weighted by atomic mass is 16.2. The molecule has 1 unspecified atom stereocenters. The molecule has 4 heterocycles. The van der Waals surface area contributed by atoms with E-state index in [0.717, 1.165) is 37.2 Å². The number of likely N-dealkylation sites (tertiary alicyclic amines) is 2. The number of carbonyl (C=O) groups is 2. The highest BCUT2D eigenvalue weighted by Crippen LogP contribution is 2.40. The van der Waals surface area contributed by atoms with Gasteiger partial charge in [0.1, 0.15) is 5.69 Å². The summed E-state index contributed by atoms with van der Waals surface area (Å²) < 4.78 is 0. The van der Waals surface area contributed by atoms with Crippen LogP contribution in [0.4, 0.5) is 0 Å². The standard InChI is InChI=1S/C19H23N5O2/c1-14-4-2-5-15(21-14)12-23-11-8-19(18(23)26)7-3-10-24(13-19)17(25)16-6-9-20-22-16/h2,4-6,9H,3,7-8,10-13H2,1H3,(H,20,22). The first-order chi connectivity index (χ1) is 12.6. The lowest BCUT2D eigenvalue weighted by Crippen LogP contribution is -2.49. The van der Waals surface area contributed by atoms with Gasteiger partial charge in [-0.3, -0.25) is 19.7 Å². The molecule has 2 aromatic heterocycles. The normalized spacial score (nSPS) is 23.0. The molecule has 0 saturated carbocycles. The van der Waals surface area contributed by atoms with Crippen LogP contribution in [0.3, 0.4) is 0 Å². The van der Waals surface area contributed by atoms with E-state index in [1.807, 2.05) is 30.0 Å². The molecule has 2 aromatic rings. The van der Waals surface area contributed by atoms with E-state index in [2.05, 4.69) is 15.2 Å². The predicted molar refractivity (Wildman–Crippen MR) is 95.2 cm³/mol. The van der Waals surface area contributed by atoms with Gasteiger partial charge in [0.2, 0.25) is 5.91 Å². The molecule has 2 aliphatic rings. The van der Waals surface area contributed by atoms with Crippen LogP contribution < -0.4 is 0 Å². The minimum absolute atomic E-state index is 0.0758. The number of carbonyl (C=O) groups excluding carboxylic acids is 2. The average Bonchev–Trinajstić information content (AvgIpc) is 3.27. The molecule has 0 aliphatic carbocycles. The van der Waals surface area contributed by atoms with Crippen molar-refractivity contribution in [3.8, 4) is 0 Å². The van der Waals surface area contributed by atoms with E-state index in [9.17, 15) is 9.59 Å². The predicted octanol–water partition coefficient (Wildman–Crippen LogP) is 1.77. The maximum absolute atomic E-state index is 13.2. The zero-order valence-electron chi connectivity index (χ0n) is 14.9. The van der Waals surface area contributed by atoms with Crippen LogP contribution in [0, 0.1) is 12.3 Å². The van der Waals surface area contributed by atoms with E-state index in [1.165, 1.54) is 0 Å². The Balaban J connectivity index is 1.48. The van der Waals surface area contributed by atoms with Gasteiger partial charge in [-0.1, -0.05) is 6.07 Å². The third-order valence-electron chi connectivity index (χ3n) is 5.50. The number of hydrogen-bond donors (Lipinski definition) is 1. The van der Waals surface area contributed by atoms with Crippen molar-refractivity contribution < 1.29 is 9.59 Å². The molecule has 1 N–H and O–H groups in total. The Labute approximate surface area is 152 Å². The molecule has 2 amide bonds. The van der Waals surface area contributed by atoms with Gasteiger partial charge in [-0.15, -0.1) is 0 Å². The van der Waals surface area contributed by atoms with Crippen molar-refractivity contribution in [1.29, 1.82) is 0 Å². The number of aromatic nitrogens is 3. The summed E-state index contributed by atoms with van der Waals surface area (Å²) in [6, 6.07) is 7.56. The van der Waals surface area contributed by atoms with Gasteiger partial charge >= 0.3 is 0 Å².